The maximum absolute atomic E-state index is 12.8. The van der Waals surface area contributed by atoms with Crippen LogP contribution >= 0.6 is 11.8 Å². The van der Waals surface area contributed by atoms with Gasteiger partial charge in [0, 0.05) is 35.1 Å². The van der Waals surface area contributed by atoms with E-state index in [1.165, 1.54) is 0 Å². The highest BCUT2D eigenvalue weighted by Gasteiger charge is 2.21. The molecule has 7 heteroatoms. The molecule has 0 bridgehead atoms. The molecule has 0 fully saturated rings. The Bertz CT molecular complexity index is 1200. The molecule has 6 nitrogen and oxygen atoms in total. The van der Waals surface area contributed by atoms with E-state index in [2.05, 4.69) is 21.7 Å². The predicted octanol–water partition coefficient (Wildman–Crippen LogP) is 5.08. The van der Waals surface area contributed by atoms with Gasteiger partial charge in [-0.2, -0.15) is 5.26 Å². The highest BCUT2D eigenvalue weighted by molar-refractivity contribution is 8.14. The lowest BCUT2D eigenvalue weighted by Gasteiger charge is -2.12. The highest BCUT2D eigenvalue weighted by atomic mass is 32.2. The molecule has 0 spiro atoms. The van der Waals surface area contributed by atoms with Crippen molar-refractivity contribution in [2.45, 2.75) is 19.9 Å². The average molecular weight is 428 g/mol. The molecule has 0 saturated carbocycles. The number of hydrogen-bond acceptors (Lipinski definition) is 6. The number of carbonyl (C=O) groups excluding carboxylic acids is 1. The number of pyridine rings is 1. The molecule has 1 aromatic heterocycles. The molecule has 3 aromatic rings. The number of hydrogen-bond donors (Lipinski definition) is 2. The molecule has 2 heterocycles. The Kier molecular flexibility index (Phi) is 6.01. The van der Waals surface area contributed by atoms with E-state index in [-0.39, 0.29) is 11.9 Å². The minimum Gasteiger partial charge on any atom is -0.335 e. The number of thioether (sulfide) groups is 1. The van der Waals surface area contributed by atoms with Gasteiger partial charge < -0.3 is 10.6 Å². The van der Waals surface area contributed by atoms with Crippen molar-refractivity contribution in [2.24, 2.45) is 4.99 Å². The van der Waals surface area contributed by atoms with E-state index in [9.17, 15) is 4.79 Å². The Morgan fingerprint density at radius 3 is 2.77 bits per heavy atom. The maximum atomic E-state index is 12.8. The van der Waals surface area contributed by atoms with E-state index in [4.69, 9.17) is 10.3 Å². The zero-order valence-corrected chi connectivity index (χ0v) is 18.0. The number of amidine groups is 1. The molecule has 0 saturated heterocycles. The van der Waals surface area contributed by atoms with Gasteiger partial charge in [-0.1, -0.05) is 23.9 Å². The summed E-state index contributed by atoms with van der Waals surface area (Å²) in [6.45, 7) is 3.84. The third-order valence-corrected chi connectivity index (χ3v) is 6.03. The molecule has 154 valence electrons. The van der Waals surface area contributed by atoms with E-state index in [0.29, 0.717) is 16.8 Å². The summed E-state index contributed by atoms with van der Waals surface area (Å²) in [5.74, 6) is 0.645. The molecule has 2 aromatic carbocycles. The van der Waals surface area contributed by atoms with Gasteiger partial charge in [0.1, 0.15) is 0 Å². The smallest absolute Gasteiger partial charge is 0.255 e. The average Bonchev–Trinajstić information content (AvgIpc) is 3.24. The molecule has 1 atom stereocenters. The van der Waals surface area contributed by atoms with E-state index in [1.807, 2.05) is 44.3 Å². The molecule has 0 radical (unpaired) electrons. The fourth-order valence-electron chi connectivity index (χ4n) is 3.27. The van der Waals surface area contributed by atoms with Crippen molar-refractivity contribution in [3.8, 4) is 6.07 Å². The van der Waals surface area contributed by atoms with Crippen molar-refractivity contribution in [1.29, 1.82) is 5.26 Å². The van der Waals surface area contributed by atoms with Gasteiger partial charge in [0.15, 0.2) is 5.17 Å². The second-order valence-electron chi connectivity index (χ2n) is 7.30. The van der Waals surface area contributed by atoms with Gasteiger partial charge in [-0.25, -0.2) is 0 Å². The quantitative estimate of drug-likeness (QED) is 0.606. The van der Waals surface area contributed by atoms with Crippen molar-refractivity contribution >= 4 is 34.2 Å². The number of aliphatic imine (C=N–C) groups is 1. The van der Waals surface area contributed by atoms with Crippen LogP contribution in [0.5, 0.6) is 0 Å². The molecule has 1 aliphatic rings. The number of rotatable bonds is 4. The molecule has 1 aliphatic heterocycles. The predicted molar refractivity (Wildman–Crippen MR) is 126 cm³/mol. The summed E-state index contributed by atoms with van der Waals surface area (Å²) in [4.78, 5) is 21.7. The lowest BCUT2D eigenvalue weighted by molar-refractivity contribution is 0.102. The summed E-state index contributed by atoms with van der Waals surface area (Å²) in [6.07, 6.45) is 3.60. The summed E-state index contributed by atoms with van der Waals surface area (Å²) < 4.78 is 0. The third kappa shape index (κ3) is 4.76. The van der Waals surface area contributed by atoms with Crippen LogP contribution in [0.25, 0.3) is 0 Å². The normalized spacial score (nSPS) is 15.1. The number of carbonyl (C=O) groups is 1. The zero-order valence-electron chi connectivity index (χ0n) is 17.2. The summed E-state index contributed by atoms with van der Waals surface area (Å²) in [6, 6.07) is 17.0. The van der Waals surface area contributed by atoms with Gasteiger partial charge >= 0.3 is 0 Å². The van der Waals surface area contributed by atoms with Gasteiger partial charge in [-0.15, -0.1) is 0 Å². The summed E-state index contributed by atoms with van der Waals surface area (Å²) in [5.41, 5.74) is 5.59. The topological polar surface area (TPSA) is 90.2 Å². The molecular formula is C24H21N5OS. The van der Waals surface area contributed by atoms with Gasteiger partial charge in [-0.05, 0) is 66.9 Å². The second-order valence-corrected chi connectivity index (χ2v) is 8.31. The zero-order chi connectivity index (χ0) is 21.8. The Balaban J connectivity index is 1.49. The Morgan fingerprint density at radius 1 is 1.16 bits per heavy atom. The molecule has 2 N–H and O–H groups in total. The van der Waals surface area contributed by atoms with E-state index >= 15 is 0 Å². The number of aryl methyl sites for hydroxylation is 2. The minimum absolute atomic E-state index is 0.0765. The van der Waals surface area contributed by atoms with Crippen molar-refractivity contribution in [3.05, 3.63) is 88.7 Å². The monoisotopic (exact) mass is 427 g/mol. The van der Waals surface area contributed by atoms with E-state index in [1.54, 1.807) is 42.2 Å². The molecule has 31 heavy (non-hydrogen) atoms. The first-order valence-electron chi connectivity index (χ1n) is 9.84. The number of nitrogens with zero attached hydrogens (tertiary/aromatic N) is 3. The Hall–Kier alpha value is -3.63. The van der Waals surface area contributed by atoms with Crippen LogP contribution in [-0.2, 0) is 0 Å². The molecule has 0 aliphatic carbocycles. The number of aromatic nitrogens is 1. The minimum atomic E-state index is -0.207. The fraction of sp³-hybridized carbons (Fsp3) is 0.167. The number of nitrogens with one attached hydrogen (secondary N) is 2. The lowest BCUT2D eigenvalue weighted by atomic mass is 10.1. The largest absolute Gasteiger partial charge is 0.335 e. The maximum Gasteiger partial charge on any atom is 0.255 e. The van der Waals surface area contributed by atoms with Gasteiger partial charge in [0.2, 0.25) is 0 Å². The number of nitriles is 1. The van der Waals surface area contributed by atoms with Crippen LogP contribution < -0.4 is 10.6 Å². The van der Waals surface area contributed by atoms with Crippen LogP contribution in [0.15, 0.2) is 65.9 Å². The SMILES string of the molecule is Cc1cc(NC(=O)c2ccc(C)c(NC3=NC(c4cccnc4)CS3)c2)ccc1C#N. The summed E-state index contributed by atoms with van der Waals surface area (Å²) in [5, 5.41) is 16.2. The van der Waals surface area contributed by atoms with E-state index in [0.717, 1.165) is 33.3 Å². The summed E-state index contributed by atoms with van der Waals surface area (Å²) in [7, 11) is 0. The van der Waals surface area contributed by atoms with Crippen LogP contribution in [0, 0.1) is 25.2 Å². The van der Waals surface area contributed by atoms with Gasteiger partial charge in [0.05, 0.1) is 17.7 Å². The third-order valence-electron chi connectivity index (χ3n) is 5.07. The highest BCUT2D eigenvalue weighted by Crippen LogP contribution is 2.31. The van der Waals surface area contributed by atoms with Crippen LogP contribution in [0.4, 0.5) is 11.4 Å². The van der Waals surface area contributed by atoms with Crippen molar-refractivity contribution < 1.29 is 4.79 Å². The van der Waals surface area contributed by atoms with Crippen LogP contribution in [0.3, 0.4) is 0 Å². The standard InChI is InChI=1S/C24H21N5OS/c1-15-5-6-17(23(30)27-20-8-7-18(12-25)16(2)10-20)11-21(15)28-24-29-22(14-31-24)19-4-3-9-26-13-19/h3-11,13,22H,14H2,1-2H3,(H,27,30)(H,28,29). The second kappa shape index (κ2) is 9.02. The van der Waals surface area contributed by atoms with Crippen molar-refractivity contribution in [2.75, 3.05) is 16.4 Å². The first-order chi connectivity index (χ1) is 15.0. The Morgan fingerprint density at radius 2 is 2.03 bits per heavy atom. The number of anilines is 2. The molecular weight excluding hydrogens is 406 g/mol. The van der Waals surface area contributed by atoms with Gasteiger partial charge in [0.25, 0.3) is 5.91 Å². The van der Waals surface area contributed by atoms with Crippen molar-refractivity contribution in [1.82, 2.24) is 4.98 Å². The van der Waals surface area contributed by atoms with Crippen molar-refractivity contribution in [3.63, 3.8) is 0 Å². The lowest BCUT2D eigenvalue weighted by Crippen LogP contribution is -2.13. The number of benzene rings is 2. The van der Waals surface area contributed by atoms with Gasteiger partial charge in [-0.3, -0.25) is 14.8 Å². The first-order valence-corrected chi connectivity index (χ1v) is 10.8. The fourth-order valence-corrected chi connectivity index (χ4v) is 4.24. The molecule has 4 rings (SSSR count). The Labute approximate surface area is 185 Å². The number of amides is 1. The van der Waals surface area contributed by atoms with E-state index < -0.39 is 0 Å². The van der Waals surface area contributed by atoms with Crippen LogP contribution in [0.2, 0.25) is 0 Å². The van der Waals surface area contributed by atoms with Crippen LogP contribution in [-0.4, -0.2) is 21.8 Å². The first kappa shape index (κ1) is 20.6. The molecule has 1 amide bonds. The molecule has 1 unspecified atom stereocenters. The van der Waals surface area contributed by atoms with Crippen LogP contribution in [0.1, 0.15) is 38.7 Å². The summed E-state index contributed by atoms with van der Waals surface area (Å²) >= 11 is 1.65.